The maximum absolute atomic E-state index is 15.1. The molecule has 0 fully saturated rings. The van der Waals surface area contributed by atoms with Crippen LogP contribution in [0.5, 0.6) is 0 Å². The molecule has 9 heteroatoms. The number of hydrogen-bond donors (Lipinski definition) is 1. The van der Waals surface area contributed by atoms with E-state index in [9.17, 15) is 13.6 Å². The largest absolute Gasteiger partial charge is 0.369 e. The van der Waals surface area contributed by atoms with Crippen LogP contribution in [0.4, 0.5) is 13.2 Å². The zero-order chi connectivity index (χ0) is 21.5. The summed E-state index contributed by atoms with van der Waals surface area (Å²) < 4.78 is 41.6. The summed E-state index contributed by atoms with van der Waals surface area (Å²) in [6.45, 7) is 0. The Morgan fingerprint density at radius 1 is 1.07 bits per heavy atom. The summed E-state index contributed by atoms with van der Waals surface area (Å²) >= 11 is 0. The van der Waals surface area contributed by atoms with E-state index >= 15 is 4.39 Å². The lowest BCUT2D eigenvalue weighted by Crippen LogP contribution is -2.41. The molecule has 1 atom stereocenters. The first kappa shape index (κ1) is 19.6. The summed E-state index contributed by atoms with van der Waals surface area (Å²) in [5, 5.41) is 0. The van der Waals surface area contributed by atoms with Crippen LogP contribution in [0.3, 0.4) is 0 Å². The number of carbonyl (C=O) groups excluding carboxylic acids is 1. The first-order valence-corrected chi connectivity index (χ1v) is 8.94. The van der Waals surface area contributed by atoms with Crippen LogP contribution in [-0.2, 0) is 10.3 Å². The summed E-state index contributed by atoms with van der Waals surface area (Å²) in [5.74, 6) is -1.55. The molecule has 2 aromatic heterocycles. The van der Waals surface area contributed by atoms with E-state index in [1.165, 1.54) is 31.3 Å². The number of benzene rings is 1. The number of nitrogens with two attached hydrogens (primary N) is 1. The van der Waals surface area contributed by atoms with E-state index in [1.807, 2.05) is 0 Å². The topological polar surface area (TPSA) is 84.5 Å². The van der Waals surface area contributed by atoms with E-state index in [2.05, 4.69) is 15.0 Å². The molecule has 4 rings (SSSR count). The molecule has 0 saturated carbocycles. The highest BCUT2D eigenvalue weighted by molar-refractivity contribution is 6.09. The van der Waals surface area contributed by atoms with Gasteiger partial charge < -0.3 is 5.73 Å². The van der Waals surface area contributed by atoms with Crippen molar-refractivity contribution < 1.29 is 18.0 Å². The zero-order valence-corrected chi connectivity index (χ0v) is 15.8. The Morgan fingerprint density at radius 3 is 2.50 bits per heavy atom. The number of halogens is 3. The fourth-order valence-electron chi connectivity index (χ4n) is 3.45. The second kappa shape index (κ2) is 7.25. The average molecular weight is 411 g/mol. The molecule has 0 radical (unpaired) electrons. The summed E-state index contributed by atoms with van der Waals surface area (Å²) in [6, 6.07) is 11.8. The quantitative estimate of drug-likeness (QED) is 0.714. The molecule has 30 heavy (non-hydrogen) atoms. The third-order valence-electron chi connectivity index (χ3n) is 4.98. The first-order chi connectivity index (χ1) is 14.3. The van der Waals surface area contributed by atoms with Gasteiger partial charge in [-0.05, 0) is 48.0 Å². The summed E-state index contributed by atoms with van der Waals surface area (Å²) in [6.07, 6.45) is -0.158. The van der Waals surface area contributed by atoms with Crippen LogP contribution in [-0.4, -0.2) is 33.8 Å². The molecular weight excluding hydrogens is 395 g/mol. The Morgan fingerprint density at radius 2 is 1.87 bits per heavy atom. The molecule has 1 unspecified atom stereocenters. The number of amides is 1. The van der Waals surface area contributed by atoms with Crippen molar-refractivity contribution in [2.24, 2.45) is 10.7 Å². The number of pyridine rings is 2. The van der Waals surface area contributed by atoms with Gasteiger partial charge in [0.2, 0.25) is 0 Å². The molecule has 0 bridgehead atoms. The first-order valence-electron chi connectivity index (χ1n) is 8.94. The SMILES string of the molecule is CN1C(=O)C(c2ccnc(C(F)F)c2)(c2cc(-c3ccccn3)ccc2F)N=C1N. The Kier molecular flexibility index (Phi) is 4.73. The number of nitrogens with zero attached hydrogens (tertiary/aromatic N) is 4. The van der Waals surface area contributed by atoms with Gasteiger partial charge in [-0.25, -0.2) is 18.2 Å². The molecule has 0 saturated heterocycles. The average Bonchev–Trinajstić information content (AvgIpc) is 2.99. The van der Waals surface area contributed by atoms with Gasteiger partial charge in [-0.1, -0.05) is 6.07 Å². The van der Waals surface area contributed by atoms with Crippen molar-refractivity contribution in [3.8, 4) is 11.3 Å². The Labute approximate surface area is 169 Å². The Hall–Kier alpha value is -3.75. The van der Waals surface area contributed by atoms with Gasteiger partial charge in [-0.2, -0.15) is 0 Å². The summed E-state index contributed by atoms with van der Waals surface area (Å²) in [7, 11) is 1.39. The molecule has 3 heterocycles. The predicted octanol–water partition coefficient (Wildman–Crippen LogP) is 3.25. The predicted molar refractivity (Wildman–Crippen MR) is 104 cm³/mol. The number of aromatic nitrogens is 2. The third kappa shape index (κ3) is 2.99. The number of aliphatic imine (C=N–C) groups is 1. The fourth-order valence-corrected chi connectivity index (χ4v) is 3.45. The van der Waals surface area contributed by atoms with Gasteiger partial charge in [0.25, 0.3) is 12.3 Å². The highest BCUT2D eigenvalue weighted by Gasteiger charge is 2.51. The van der Waals surface area contributed by atoms with Crippen molar-refractivity contribution in [3.05, 3.63) is 83.6 Å². The van der Waals surface area contributed by atoms with Crippen molar-refractivity contribution in [1.29, 1.82) is 0 Å². The minimum Gasteiger partial charge on any atom is -0.369 e. The van der Waals surface area contributed by atoms with E-state index in [1.54, 1.807) is 24.4 Å². The molecule has 3 aromatic rings. The maximum Gasteiger partial charge on any atom is 0.280 e. The van der Waals surface area contributed by atoms with E-state index < -0.39 is 29.4 Å². The number of guanidine groups is 1. The van der Waals surface area contributed by atoms with Crippen molar-refractivity contribution in [2.45, 2.75) is 12.0 Å². The van der Waals surface area contributed by atoms with Crippen LogP contribution in [0.1, 0.15) is 23.2 Å². The molecule has 0 spiro atoms. The van der Waals surface area contributed by atoms with Gasteiger partial charge in [0.15, 0.2) is 11.5 Å². The van der Waals surface area contributed by atoms with Gasteiger partial charge in [0.05, 0.1) is 5.69 Å². The van der Waals surface area contributed by atoms with Crippen molar-refractivity contribution in [2.75, 3.05) is 7.05 Å². The molecule has 1 aromatic carbocycles. The van der Waals surface area contributed by atoms with E-state index in [0.29, 0.717) is 11.3 Å². The van der Waals surface area contributed by atoms with Gasteiger partial charge in [-0.15, -0.1) is 0 Å². The molecule has 152 valence electrons. The molecule has 0 aliphatic carbocycles. The minimum atomic E-state index is -2.87. The second-order valence-electron chi connectivity index (χ2n) is 6.72. The lowest BCUT2D eigenvalue weighted by Gasteiger charge is -2.27. The maximum atomic E-state index is 15.1. The Bertz CT molecular complexity index is 1150. The van der Waals surface area contributed by atoms with Gasteiger partial charge in [-0.3, -0.25) is 19.7 Å². The molecule has 6 nitrogen and oxygen atoms in total. The molecule has 2 N–H and O–H groups in total. The van der Waals surface area contributed by atoms with E-state index in [4.69, 9.17) is 5.73 Å². The van der Waals surface area contributed by atoms with Crippen LogP contribution in [0.15, 0.2) is 65.9 Å². The lowest BCUT2D eigenvalue weighted by atomic mass is 9.81. The van der Waals surface area contributed by atoms with Crippen LogP contribution in [0.2, 0.25) is 0 Å². The van der Waals surface area contributed by atoms with E-state index in [0.717, 1.165) is 17.2 Å². The van der Waals surface area contributed by atoms with E-state index in [-0.39, 0.29) is 17.1 Å². The normalized spacial score (nSPS) is 18.8. The number of rotatable bonds is 4. The number of alkyl halides is 2. The Balaban J connectivity index is 2.00. The molecule has 1 aliphatic rings. The number of likely N-dealkylation sites (N-methyl/N-ethyl adjacent to an activating group) is 1. The lowest BCUT2D eigenvalue weighted by molar-refractivity contribution is -0.129. The fraction of sp³-hybridized carbons (Fsp3) is 0.143. The van der Waals surface area contributed by atoms with Crippen LogP contribution >= 0.6 is 0 Å². The number of hydrogen-bond acceptors (Lipinski definition) is 5. The van der Waals surface area contributed by atoms with Crippen LogP contribution < -0.4 is 5.73 Å². The smallest absolute Gasteiger partial charge is 0.280 e. The zero-order valence-electron chi connectivity index (χ0n) is 15.8. The number of carbonyl (C=O) groups is 1. The highest BCUT2D eigenvalue weighted by Crippen LogP contribution is 2.42. The molecule has 1 aliphatic heterocycles. The van der Waals surface area contributed by atoms with Crippen molar-refractivity contribution in [1.82, 2.24) is 14.9 Å². The second-order valence-corrected chi connectivity index (χ2v) is 6.72. The standard InChI is InChI=1S/C21H16F3N5O/c1-29-19(30)21(28-20(29)25,13-7-9-27-17(11-13)18(23)24)14-10-12(5-6-15(14)22)16-4-2-3-8-26-16/h2-11,18H,1H3,(H2,25,28). The van der Waals surface area contributed by atoms with Crippen molar-refractivity contribution in [3.63, 3.8) is 0 Å². The van der Waals surface area contributed by atoms with Crippen molar-refractivity contribution >= 4 is 11.9 Å². The molecular formula is C21H16F3N5O. The minimum absolute atomic E-state index is 0.0437. The van der Waals surface area contributed by atoms with Crippen LogP contribution in [0.25, 0.3) is 11.3 Å². The summed E-state index contributed by atoms with van der Waals surface area (Å²) in [4.78, 5) is 26.5. The molecule has 1 amide bonds. The third-order valence-corrected chi connectivity index (χ3v) is 4.98. The van der Waals surface area contributed by atoms with Gasteiger partial charge in [0.1, 0.15) is 11.5 Å². The van der Waals surface area contributed by atoms with Gasteiger partial charge in [0, 0.05) is 30.6 Å². The van der Waals surface area contributed by atoms with Gasteiger partial charge >= 0.3 is 0 Å². The van der Waals surface area contributed by atoms with Crippen LogP contribution in [0, 0.1) is 5.82 Å². The highest BCUT2D eigenvalue weighted by atomic mass is 19.3. The monoisotopic (exact) mass is 411 g/mol. The summed E-state index contributed by atoms with van der Waals surface area (Å²) in [5.41, 5.74) is 4.37.